The quantitative estimate of drug-likeness (QED) is 0.322. The van der Waals surface area contributed by atoms with Crippen LogP contribution in [0, 0.1) is 0 Å². The van der Waals surface area contributed by atoms with Gasteiger partial charge in [0.1, 0.15) is 10.0 Å². The van der Waals surface area contributed by atoms with Crippen LogP contribution < -0.4 is 10.6 Å². The molecule has 0 spiro atoms. The normalized spacial score (nSPS) is 14.6. The largest absolute Gasteiger partial charge is 0.462 e. The number of anilines is 2. The van der Waals surface area contributed by atoms with E-state index in [1.165, 1.54) is 13.8 Å². The Labute approximate surface area is 222 Å². The van der Waals surface area contributed by atoms with E-state index in [4.69, 9.17) is 9.47 Å². The minimum absolute atomic E-state index is 0.0226. The van der Waals surface area contributed by atoms with Crippen LogP contribution in [0.2, 0.25) is 0 Å². The zero-order valence-electron chi connectivity index (χ0n) is 20.4. The summed E-state index contributed by atoms with van der Waals surface area (Å²) in [7, 11) is 0. The molecule has 0 unspecified atom stereocenters. The van der Waals surface area contributed by atoms with Gasteiger partial charge >= 0.3 is 35.6 Å². The number of hydrogen-bond donors (Lipinski definition) is 2. The summed E-state index contributed by atoms with van der Waals surface area (Å²) in [6.45, 7) is 3.02. The molecule has 206 valence electrons. The number of nitrogens with one attached hydrogen (secondary N) is 2. The van der Waals surface area contributed by atoms with Crippen molar-refractivity contribution >= 4 is 56.4 Å². The molecule has 0 saturated carbocycles. The average molecular weight is 577 g/mol. The maximum absolute atomic E-state index is 14.8. The lowest BCUT2D eigenvalue weighted by atomic mass is 10.1. The van der Waals surface area contributed by atoms with Crippen LogP contribution in [0.15, 0.2) is 0 Å². The van der Waals surface area contributed by atoms with E-state index in [0.717, 1.165) is 22.7 Å². The second-order valence-electron chi connectivity index (χ2n) is 8.62. The van der Waals surface area contributed by atoms with E-state index in [0.29, 0.717) is 59.4 Å². The molecule has 0 radical (unpaired) electrons. The lowest BCUT2D eigenvalue weighted by molar-refractivity contribution is -0.204. The van der Waals surface area contributed by atoms with Crippen LogP contribution in [0.1, 0.15) is 68.3 Å². The van der Waals surface area contributed by atoms with Gasteiger partial charge in [0.2, 0.25) is 0 Å². The summed E-state index contributed by atoms with van der Waals surface area (Å²) in [5.41, 5.74) is 0.754. The molecule has 0 aliphatic heterocycles. The molecule has 8 nitrogen and oxygen atoms in total. The summed E-state index contributed by atoms with van der Waals surface area (Å²) in [6, 6.07) is 0. The lowest BCUT2D eigenvalue weighted by Gasteiger charge is -2.24. The van der Waals surface area contributed by atoms with E-state index in [1.54, 1.807) is 10.6 Å². The Bertz CT molecular complexity index is 1210. The first-order chi connectivity index (χ1) is 17.9. The van der Waals surface area contributed by atoms with Crippen LogP contribution >= 0.6 is 22.7 Å². The highest BCUT2D eigenvalue weighted by Crippen LogP contribution is 2.44. The number of thiophene rings is 2. The Balaban J connectivity index is 1.57. The Morgan fingerprint density at radius 3 is 1.42 bits per heavy atom. The summed E-state index contributed by atoms with van der Waals surface area (Å²) < 4.78 is 69.2. The van der Waals surface area contributed by atoms with Gasteiger partial charge in [0.15, 0.2) is 0 Å². The van der Waals surface area contributed by atoms with Crippen molar-refractivity contribution in [3.8, 4) is 0 Å². The van der Waals surface area contributed by atoms with E-state index in [2.05, 4.69) is 0 Å². The van der Waals surface area contributed by atoms with Gasteiger partial charge < -0.3 is 20.1 Å². The number of hydrogen-bond acceptors (Lipinski definition) is 8. The zero-order chi connectivity index (χ0) is 27.8. The maximum Gasteiger partial charge on any atom is 0.396 e. The standard InChI is InChI=1S/C24H24F4N2O6S2/c1-3-35-19(31)15-11-7-5-9-13(11)37-17(15)29-21(33)23(25,26)24(27,28)22(34)30-18-16(20(32)36-4-2)12-8-6-10-14(12)38-18/h3-10H2,1-2H3,(H,29,33)(H,30,34). The second kappa shape index (κ2) is 10.6. The third-order valence-electron chi connectivity index (χ3n) is 6.22. The average Bonchev–Trinajstić information content (AvgIpc) is 3.60. The molecule has 0 aromatic carbocycles. The fourth-order valence-electron chi connectivity index (χ4n) is 4.47. The monoisotopic (exact) mass is 576 g/mol. The molecule has 14 heteroatoms. The molecule has 2 amide bonds. The number of ether oxygens (including phenoxy) is 2. The predicted octanol–water partition coefficient (Wildman–Crippen LogP) is 4.99. The van der Waals surface area contributed by atoms with E-state index in [-0.39, 0.29) is 34.3 Å². The summed E-state index contributed by atoms with van der Waals surface area (Å²) >= 11 is 1.66. The number of amides is 2. The maximum atomic E-state index is 14.8. The van der Waals surface area contributed by atoms with Crippen LogP contribution in [0.25, 0.3) is 0 Å². The van der Waals surface area contributed by atoms with Gasteiger partial charge in [0.25, 0.3) is 0 Å². The lowest BCUT2D eigenvalue weighted by Crippen LogP contribution is -2.56. The summed E-state index contributed by atoms with van der Waals surface area (Å²) in [6.07, 6.45) is 3.36. The molecule has 0 saturated heterocycles. The van der Waals surface area contributed by atoms with Crippen molar-refractivity contribution in [1.29, 1.82) is 0 Å². The van der Waals surface area contributed by atoms with Crippen molar-refractivity contribution in [3.05, 3.63) is 32.0 Å². The number of halogens is 4. The van der Waals surface area contributed by atoms with Crippen molar-refractivity contribution < 1.29 is 46.2 Å². The van der Waals surface area contributed by atoms with Gasteiger partial charge in [-0.1, -0.05) is 0 Å². The molecule has 0 bridgehead atoms. The van der Waals surface area contributed by atoms with Crippen LogP contribution in [0.4, 0.5) is 27.6 Å². The fourth-order valence-corrected chi connectivity index (χ4v) is 7.02. The second-order valence-corrected chi connectivity index (χ2v) is 10.8. The van der Waals surface area contributed by atoms with Crippen LogP contribution in [0.3, 0.4) is 0 Å². The Morgan fingerprint density at radius 2 is 1.08 bits per heavy atom. The van der Waals surface area contributed by atoms with Crippen molar-refractivity contribution in [3.63, 3.8) is 0 Å². The predicted molar refractivity (Wildman–Crippen MR) is 132 cm³/mol. The molecule has 4 rings (SSSR count). The molecule has 2 aliphatic rings. The smallest absolute Gasteiger partial charge is 0.396 e. The zero-order valence-corrected chi connectivity index (χ0v) is 22.1. The van der Waals surface area contributed by atoms with Gasteiger partial charge in [0.05, 0.1) is 24.3 Å². The first-order valence-corrected chi connectivity index (χ1v) is 13.6. The van der Waals surface area contributed by atoms with Gasteiger partial charge in [-0.15, -0.1) is 22.7 Å². The first-order valence-electron chi connectivity index (χ1n) is 12.0. The number of fused-ring (bicyclic) bond motifs is 2. The minimum Gasteiger partial charge on any atom is -0.462 e. The topological polar surface area (TPSA) is 111 Å². The number of rotatable bonds is 9. The SMILES string of the molecule is CCOC(=O)c1c(NC(=O)C(F)(F)C(F)(F)C(=O)Nc2sc3c(c2C(=O)OCC)CCC3)sc2c1CCC2. The highest BCUT2D eigenvalue weighted by atomic mass is 32.1. The fraction of sp³-hybridized carbons (Fsp3) is 0.500. The van der Waals surface area contributed by atoms with Crippen molar-refractivity contribution in [2.24, 2.45) is 0 Å². The Kier molecular flexibility index (Phi) is 7.84. The Hall–Kier alpha value is -3.00. The van der Waals surface area contributed by atoms with E-state index in [1.807, 2.05) is 0 Å². The van der Waals surface area contributed by atoms with E-state index in [9.17, 15) is 36.7 Å². The minimum atomic E-state index is -5.50. The third-order valence-corrected chi connectivity index (χ3v) is 8.63. The molecule has 2 heterocycles. The number of carbonyl (C=O) groups excluding carboxylic acids is 4. The van der Waals surface area contributed by atoms with Crippen molar-refractivity contribution in [2.75, 3.05) is 23.8 Å². The first kappa shape index (κ1) is 28.0. The molecule has 2 aromatic rings. The summed E-state index contributed by atoms with van der Waals surface area (Å²) in [5.74, 6) is -17.6. The van der Waals surface area contributed by atoms with Gasteiger partial charge in [0, 0.05) is 9.75 Å². The van der Waals surface area contributed by atoms with Gasteiger partial charge in [-0.2, -0.15) is 17.6 Å². The van der Waals surface area contributed by atoms with Crippen molar-refractivity contribution in [2.45, 2.75) is 64.2 Å². The van der Waals surface area contributed by atoms with Gasteiger partial charge in [-0.05, 0) is 63.5 Å². The van der Waals surface area contributed by atoms with Gasteiger partial charge in [-0.25, -0.2) is 9.59 Å². The third kappa shape index (κ3) is 4.79. The number of esters is 2. The summed E-state index contributed by atoms with van der Waals surface area (Å²) in [4.78, 5) is 51.0. The molecule has 0 atom stereocenters. The molecule has 2 aliphatic carbocycles. The highest BCUT2D eigenvalue weighted by Gasteiger charge is 2.67. The number of aryl methyl sites for hydroxylation is 2. The van der Waals surface area contributed by atoms with Crippen molar-refractivity contribution in [1.82, 2.24) is 0 Å². The highest BCUT2D eigenvalue weighted by molar-refractivity contribution is 7.17. The van der Waals surface area contributed by atoms with E-state index < -0.39 is 35.6 Å². The summed E-state index contributed by atoms with van der Waals surface area (Å²) in [5, 5.41) is 2.76. The number of carbonyl (C=O) groups is 4. The molecule has 38 heavy (non-hydrogen) atoms. The molecular weight excluding hydrogens is 552 g/mol. The van der Waals surface area contributed by atoms with Crippen LogP contribution in [-0.4, -0.2) is 48.8 Å². The molecule has 0 fully saturated rings. The Morgan fingerprint density at radius 1 is 0.711 bits per heavy atom. The van der Waals surface area contributed by atoms with Gasteiger partial charge in [-0.3, -0.25) is 9.59 Å². The molecule has 2 N–H and O–H groups in total. The van der Waals surface area contributed by atoms with Crippen LogP contribution in [0.5, 0.6) is 0 Å². The molecule has 2 aromatic heterocycles. The van der Waals surface area contributed by atoms with Crippen LogP contribution in [-0.2, 0) is 44.7 Å². The molecular formula is C24H24F4N2O6S2. The number of alkyl halides is 4. The van der Waals surface area contributed by atoms with E-state index >= 15 is 0 Å².